The first-order chi connectivity index (χ1) is 6.66. The van der Waals surface area contributed by atoms with Gasteiger partial charge in [0.05, 0.1) is 0 Å². The van der Waals surface area contributed by atoms with E-state index in [1.165, 1.54) is 32.2 Å². The predicted molar refractivity (Wildman–Crippen MR) is 60.1 cm³/mol. The van der Waals surface area contributed by atoms with Crippen molar-refractivity contribution in [2.75, 3.05) is 13.1 Å². The number of nitrogens with two attached hydrogens (primary N) is 1. The van der Waals surface area contributed by atoms with Crippen molar-refractivity contribution in [1.82, 2.24) is 4.90 Å². The Labute approximate surface area is 87.8 Å². The van der Waals surface area contributed by atoms with E-state index in [4.69, 9.17) is 5.73 Å². The molecule has 0 spiro atoms. The van der Waals surface area contributed by atoms with Crippen molar-refractivity contribution in [3.05, 3.63) is 0 Å². The van der Waals surface area contributed by atoms with E-state index in [-0.39, 0.29) is 0 Å². The molecule has 0 radical (unpaired) electrons. The van der Waals surface area contributed by atoms with E-state index in [9.17, 15) is 0 Å². The van der Waals surface area contributed by atoms with Gasteiger partial charge in [-0.05, 0) is 37.5 Å². The van der Waals surface area contributed by atoms with Gasteiger partial charge in [0, 0.05) is 25.2 Å². The summed E-state index contributed by atoms with van der Waals surface area (Å²) in [4.78, 5) is 2.64. The van der Waals surface area contributed by atoms with E-state index < -0.39 is 0 Å². The molecule has 14 heavy (non-hydrogen) atoms. The summed E-state index contributed by atoms with van der Waals surface area (Å²) in [6.45, 7) is 7.05. The first-order valence-electron chi connectivity index (χ1n) is 6.16. The first-order valence-corrected chi connectivity index (χ1v) is 6.16. The molecule has 2 heteroatoms. The third kappa shape index (κ3) is 2.12. The molecule has 2 aliphatic rings. The van der Waals surface area contributed by atoms with Gasteiger partial charge in [0.2, 0.25) is 0 Å². The minimum atomic E-state index is 0.425. The van der Waals surface area contributed by atoms with Crippen LogP contribution in [0.25, 0.3) is 0 Å². The van der Waals surface area contributed by atoms with Crippen molar-refractivity contribution >= 4 is 0 Å². The maximum Gasteiger partial charge on any atom is 0.0206 e. The number of nitrogens with zero attached hydrogens (tertiary/aromatic N) is 1. The van der Waals surface area contributed by atoms with Gasteiger partial charge in [0.1, 0.15) is 0 Å². The van der Waals surface area contributed by atoms with Crippen LogP contribution in [-0.2, 0) is 0 Å². The minimum Gasteiger partial charge on any atom is -0.326 e. The average Bonchev–Trinajstić information content (AvgIpc) is 2.48. The Kier molecular flexibility index (Phi) is 3.13. The molecule has 2 rings (SSSR count). The lowest BCUT2D eigenvalue weighted by Crippen LogP contribution is -2.37. The summed E-state index contributed by atoms with van der Waals surface area (Å²) in [7, 11) is 0. The highest BCUT2D eigenvalue weighted by atomic mass is 15.2. The van der Waals surface area contributed by atoms with Crippen molar-refractivity contribution in [2.24, 2.45) is 17.6 Å². The van der Waals surface area contributed by atoms with Crippen molar-refractivity contribution in [3.63, 3.8) is 0 Å². The molecular weight excluding hydrogens is 172 g/mol. The van der Waals surface area contributed by atoms with E-state index in [0.29, 0.717) is 12.0 Å². The molecule has 1 aliphatic heterocycles. The Bertz CT molecular complexity index is 175. The largest absolute Gasteiger partial charge is 0.326 e. The number of rotatable bonds is 1. The normalized spacial score (nSPS) is 45.6. The molecular formula is C12H24N2. The summed E-state index contributed by atoms with van der Waals surface area (Å²) >= 11 is 0. The van der Waals surface area contributed by atoms with Crippen molar-refractivity contribution in [3.8, 4) is 0 Å². The molecule has 2 N–H and O–H groups in total. The SMILES string of the molecule is CC1CCC(N2CC(C)C(N)C2)CC1. The van der Waals surface area contributed by atoms with Gasteiger partial charge in [0.15, 0.2) is 0 Å². The molecule has 0 amide bonds. The molecule has 1 aliphatic carbocycles. The van der Waals surface area contributed by atoms with Crippen LogP contribution in [0.4, 0.5) is 0 Å². The summed E-state index contributed by atoms with van der Waals surface area (Å²) < 4.78 is 0. The highest BCUT2D eigenvalue weighted by molar-refractivity contribution is 4.89. The summed E-state index contributed by atoms with van der Waals surface area (Å²) in [5.74, 6) is 1.66. The van der Waals surface area contributed by atoms with Crippen molar-refractivity contribution in [1.29, 1.82) is 0 Å². The Hall–Kier alpha value is -0.0800. The van der Waals surface area contributed by atoms with Crippen LogP contribution in [0.3, 0.4) is 0 Å². The van der Waals surface area contributed by atoms with E-state index in [0.717, 1.165) is 18.5 Å². The highest BCUT2D eigenvalue weighted by Gasteiger charge is 2.32. The van der Waals surface area contributed by atoms with Gasteiger partial charge in [-0.25, -0.2) is 0 Å². The van der Waals surface area contributed by atoms with Crippen LogP contribution in [0.2, 0.25) is 0 Å². The van der Waals surface area contributed by atoms with Crippen LogP contribution in [0.5, 0.6) is 0 Å². The highest BCUT2D eigenvalue weighted by Crippen LogP contribution is 2.29. The third-order valence-electron chi connectivity index (χ3n) is 4.20. The lowest BCUT2D eigenvalue weighted by Gasteiger charge is -2.33. The molecule has 2 nitrogen and oxygen atoms in total. The second-order valence-corrected chi connectivity index (χ2v) is 5.51. The van der Waals surface area contributed by atoms with E-state index in [2.05, 4.69) is 18.7 Å². The Morgan fingerprint density at radius 1 is 1.00 bits per heavy atom. The van der Waals surface area contributed by atoms with Gasteiger partial charge in [0.25, 0.3) is 0 Å². The van der Waals surface area contributed by atoms with Crippen LogP contribution in [0.15, 0.2) is 0 Å². The molecule has 2 atom stereocenters. The fourth-order valence-electron chi connectivity index (χ4n) is 2.94. The van der Waals surface area contributed by atoms with E-state index in [1.54, 1.807) is 0 Å². The molecule has 1 heterocycles. The molecule has 1 saturated carbocycles. The second kappa shape index (κ2) is 4.19. The van der Waals surface area contributed by atoms with Crippen LogP contribution in [0, 0.1) is 11.8 Å². The topological polar surface area (TPSA) is 29.3 Å². The maximum atomic E-state index is 6.06. The minimum absolute atomic E-state index is 0.425. The van der Waals surface area contributed by atoms with Gasteiger partial charge < -0.3 is 5.73 Å². The second-order valence-electron chi connectivity index (χ2n) is 5.51. The zero-order valence-corrected chi connectivity index (χ0v) is 9.58. The lowest BCUT2D eigenvalue weighted by molar-refractivity contribution is 0.164. The average molecular weight is 196 g/mol. The van der Waals surface area contributed by atoms with E-state index >= 15 is 0 Å². The van der Waals surface area contributed by atoms with Crippen LogP contribution in [-0.4, -0.2) is 30.1 Å². The fraction of sp³-hybridized carbons (Fsp3) is 1.00. The predicted octanol–water partition coefficient (Wildman–Crippen LogP) is 1.84. The summed E-state index contributed by atoms with van der Waals surface area (Å²) in [6, 6.07) is 1.27. The van der Waals surface area contributed by atoms with Gasteiger partial charge in [-0.2, -0.15) is 0 Å². The Morgan fingerprint density at radius 3 is 2.14 bits per heavy atom. The smallest absolute Gasteiger partial charge is 0.0206 e. The molecule has 82 valence electrons. The Balaban J connectivity index is 1.85. The monoisotopic (exact) mass is 196 g/mol. The zero-order valence-electron chi connectivity index (χ0n) is 9.58. The fourth-order valence-corrected chi connectivity index (χ4v) is 2.94. The third-order valence-corrected chi connectivity index (χ3v) is 4.20. The summed E-state index contributed by atoms with van der Waals surface area (Å²) in [5.41, 5.74) is 6.06. The lowest BCUT2D eigenvalue weighted by atomic mass is 9.87. The molecule has 2 unspecified atom stereocenters. The van der Waals surface area contributed by atoms with Crippen LogP contribution >= 0.6 is 0 Å². The van der Waals surface area contributed by atoms with Crippen LogP contribution < -0.4 is 5.73 Å². The Morgan fingerprint density at radius 2 is 1.64 bits per heavy atom. The molecule has 0 bridgehead atoms. The number of hydrogen-bond acceptors (Lipinski definition) is 2. The standard InChI is InChI=1S/C12H24N2/c1-9-3-5-11(6-4-9)14-7-10(2)12(13)8-14/h9-12H,3-8,13H2,1-2H3. The van der Waals surface area contributed by atoms with Crippen LogP contribution in [0.1, 0.15) is 39.5 Å². The molecule has 1 saturated heterocycles. The van der Waals surface area contributed by atoms with E-state index in [1.807, 2.05) is 0 Å². The zero-order chi connectivity index (χ0) is 10.1. The molecule has 0 aromatic rings. The van der Waals surface area contributed by atoms with Crippen molar-refractivity contribution < 1.29 is 0 Å². The van der Waals surface area contributed by atoms with Gasteiger partial charge in [-0.3, -0.25) is 4.90 Å². The molecule has 0 aromatic carbocycles. The molecule has 2 fully saturated rings. The van der Waals surface area contributed by atoms with Gasteiger partial charge in [-0.1, -0.05) is 13.8 Å². The van der Waals surface area contributed by atoms with Crippen molar-refractivity contribution in [2.45, 2.75) is 51.6 Å². The summed E-state index contributed by atoms with van der Waals surface area (Å²) in [6.07, 6.45) is 5.65. The maximum absolute atomic E-state index is 6.06. The number of hydrogen-bond donors (Lipinski definition) is 1. The van der Waals surface area contributed by atoms with Gasteiger partial charge >= 0.3 is 0 Å². The quantitative estimate of drug-likeness (QED) is 0.693. The van der Waals surface area contributed by atoms with Gasteiger partial charge in [-0.15, -0.1) is 0 Å². The number of likely N-dealkylation sites (tertiary alicyclic amines) is 1. The first kappa shape index (κ1) is 10.4. The molecule has 0 aromatic heterocycles. The summed E-state index contributed by atoms with van der Waals surface area (Å²) in [5, 5.41) is 0.